The second-order valence-electron chi connectivity index (χ2n) is 8.11. The molecule has 2 aromatic heterocycles. The van der Waals surface area contributed by atoms with E-state index in [4.69, 9.17) is 0 Å². The van der Waals surface area contributed by atoms with Crippen molar-refractivity contribution in [2.24, 2.45) is 0 Å². The van der Waals surface area contributed by atoms with E-state index in [1.807, 2.05) is 54.6 Å². The minimum atomic E-state index is -4.52. The van der Waals surface area contributed by atoms with E-state index in [0.29, 0.717) is 11.9 Å². The summed E-state index contributed by atoms with van der Waals surface area (Å²) >= 11 is 0. The van der Waals surface area contributed by atoms with Gasteiger partial charge in [0.15, 0.2) is 11.3 Å². The van der Waals surface area contributed by atoms with Gasteiger partial charge in [0, 0.05) is 0 Å². The average molecular weight is 476 g/mol. The van der Waals surface area contributed by atoms with Crippen molar-refractivity contribution in [2.45, 2.75) is 19.3 Å². The molecule has 34 heavy (non-hydrogen) atoms. The molecule has 0 N–H and O–H groups in total. The normalized spacial score (nSPS) is 12.2. The van der Waals surface area contributed by atoms with E-state index in [1.54, 1.807) is 12.1 Å². The van der Waals surface area contributed by atoms with Crippen LogP contribution in [0.15, 0.2) is 103 Å². The van der Waals surface area contributed by atoms with Crippen molar-refractivity contribution < 1.29 is 13.2 Å². The third-order valence-corrected chi connectivity index (χ3v) is 10.4. The third kappa shape index (κ3) is 3.88. The van der Waals surface area contributed by atoms with Gasteiger partial charge in [0.25, 0.3) is 0 Å². The molecule has 0 unspecified atom stereocenters. The third-order valence-electron chi connectivity index (χ3n) is 6.02. The summed E-state index contributed by atoms with van der Waals surface area (Å²) < 4.78 is 41.6. The Bertz CT molecular complexity index is 1320. The number of aromatic nitrogens is 3. The fraction of sp³-hybridized carbons (Fsp3) is 0.111. The highest BCUT2D eigenvalue weighted by Crippen LogP contribution is 2.57. The van der Waals surface area contributed by atoms with E-state index in [0.717, 1.165) is 0 Å². The maximum absolute atomic E-state index is 13.4. The predicted molar refractivity (Wildman–Crippen MR) is 132 cm³/mol. The highest BCUT2D eigenvalue weighted by Gasteiger charge is 2.46. The molecular weight excluding hydrogens is 454 g/mol. The van der Waals surface area contributed by atoms with Gasteiger partial charge >= 0.3 is 6.18 Å². The van der Waals surface area contributed by atoms with Gasteiger partial charge in [0.2, 0.25) is 0 Å². The van der Waals surface area contributed by atoms with Crippen molar-refractivity contribution >= 4 is 28.8 Å². The quantitative estimate of drug-likeness (QED) is 0.312. The molecular formula is C27H22F3N3P+. The first-order valence-electron chi connectivity index (χ1n) is 10.9. The van der Waals surface area contributed by atoms with Gasteiger partial charge in [-0.3, -0.25) is 0 Å². The largest absolute Gasteiger partial charge is 0.435 e. The number of hydrogen-bond donors (Lipinski definition) is 0. The van der Waals surface area contributed by atoms with E-state index >= 15 is 0 Å². The lowest BCUT2D eigenvalue weighted by atomic mass is 10.3. The van der Waals surface area contributed by atoms with E-state index in [2.05, 4.69) is 46.5 Å². The molecule has 0 aliphatic heterocycles. The standard InChI is InChI=1S/C27H22F3N3P/c1-20-26(27(28,29)30)31-25-18-17-21(32-33(20)25)19-34(22-11-5-2-6-12-22,23-13-7-3-8-14-23)24-15-9-4-10-16-24/h2-18H,19H2,1H3/q+1. The van der Waals surface area contributed by atoms with Crippen LogP contribution in [0.1, 0.15) is 17.1 Å². The maximum atomic E-state index is 13.4. The Morgan fingerprint density at radius 1 is 0.706 bits per heavy atom. The van der Waals surface area contributed by atoms with Crippen molar-refractivity contribution in [2.75, 3.05) is 0 Å². The molecule has 170 valence electrons. The summed E-state index contributed by atoms with van der Waals surface area (Å²) in [6, 6.07) is 34.4. The lowest BCUT2D eigenvalue weighted by Gasteiger charge is -2.27. The fourth-order valence-electron chi connectivity index (χ4n) is 4.45. The van der Waals surface area contributed by atoms with E-state index in [-0.39, 0.29) is 11.3 Å². The van der Waals surface area contributed by atoms with E-state index in [1.165, 1.54) is 27.4 Å². The minimum absolute atomic E-state index is 0.00702. The molecule has 0 saturated carbocycles. The Morgan fingerprint density at radius 2 is 1.18 bits per heavy atom. The number of imidazole rings is 1. The molecule has 0 amide bonds. The van der Waals surface area contributed by atoms with Crippen LogP contribution in [0.2, 0.25) is 0 Å². The van der Waals surface area contributed by atoms with Crippen molar-refractivity contribution in [3.8, 4) is 0 Å². The molecule has 0 aliphatic carbocycles. The van der Waals surface area contributed by atoms with Crippen LogP contribution in [0.4, 0.5) is 13.2 Å². The number of aryl methyl sites for hydroxylation is 1. The number of benzene rings is 3. The van der Waals surface area contributed by atoms with Gasteiger partial charge in [0.05, 0.1) is 11.4 Å². The molecule has 3 aromatic carbocycles. The number of halogens is 3. The SMILES string of the molecule is Cc1c(C(F)(F)F)nc2ccc(C[P+](c3ccccc3)(c3ccccc3)c3ccccc3)nn12. The number of hydrogen-bond acceptors (Lipinski definition) is 2. The smallest absolute Gasteiger partial charge is 0.222 e. The fourth-order valence-corrected chi connectivity index (χ4v) is 8.59. The molecule has 5 aromatic rings. The Hall–Kier alpha value is -3.50. The maximum Gasteiger partial charge on any atom is 0.435 e. The van der Waals surface area contributed by atoms with Crippen LogP contribution < -0.4 is 15.9 Å². The van der Waals surface area contributed by atoms with Gasteiger partial charge < -0.3 is 0 Å². The van der Waals surface area contributed by atoms with Crippen molar-refractivity contribution in [3.05, 3.63) is 120 Å². The highest BCUT2D eigenvalue weighted by atomic mass is 31.2. The summed E-state index contributed by atoms with van der Waals surface area (Å²) in [6.07, 6.45) is -3.95. The molecule has 0 aliphatic rings. The Morgan fingerprint density at radius 3 is 1.62 bits per heavy atom. The Balaban J connectivity index is 1.74. The van der Waals surface area contributed by atoms with Gasteiger partial charge in [0.1, 0.15) is 29.3 Å². The first-order chi connectivity index (χ1) is 16.4. The van der Waals surface area contributed by atoms with Gasteiger partial charge in [-0.1, -0.05) is 54.6 Å². The molecule has 3 nitrogen and oxygen atoms in total. The van der Waals surface area contributed by atoms with Crippen LogP contribution in [0.3, 0.4) is 0 Å². The van der Waals surface area contributed by atoms with E-state index in [9.17, 15) is 13.2 Å². The summed E-state index contributed by atoms with van der Waals surface area (Å²) in [6.45, 7) is 1.41. The van der Waals surface area contributed by atoms with Gasteiger partial charge in [-0.2, -0.15) is 18.3 Å². The zero-order chi connectivity index (χ0) is 23.8. The predicted octanol–water partition coefficient (Wildman–Crippen LogP) is 5.55. The van der Waals surface area contributed by atoms with Crippen molar-refractivity contribution in [1.29, 1.82) is 0 Å². The van der Waals surface area contributed by atoms with Crippen LogP contribution in [-0.4, -0.2) is 14.6 Å². The van der Waals surface area contributed by atoms with Crippen LogP contribution in [-0.2, 0) is 12.3 Å². The first kappa shape index (κ1) is 22.3. The summed E-state index contributed by atoms with van der Waals surface area (Å²) in [5.41, 5.74) is 0.00284. The van der Waals surface area contributed by atoms with Crippen LogP contribution in [0.5, 0.6) is 0 Å². The lowest BCUT2D eigenvalue weighted by molar-refractivity contribution is -0.141. The monoisotopic (exact) mass is 476 g/mol. The topological polar surface area (TPSA) is 30.2 Å². The molecule has 7 heteroatoms. The average Bonchev–Trinajstić information content (AvgIpc) is 3.20. The number of fused-ring (bicyclic) bond motifs is 1. The number of alkyl halides is 3. The second kappa shape index (κ2) is 8.69. The zero-order valence-corrected chi connectivity index (χ0v) is 19.3. The number of nitrogens with zero attached hydrogens (tertiary/aromatic N) is 3. The molecule has 5 rings (SSSR count). The molecule has 0 radical (unpaired) electrons. The minimum Gasteiger partial charge on any atom is -0.222 e. The lowest BCUT2D eigenvalue weighted by Crippen LogP contribution is -2.32. The summed E-state index contributed by atoms with van der Waals surface area (Å²) in [7, 11) is -2.21. The van der Waals surface area contributed by atoms with Crippen LogP contribution in [0, 0.1) is 6.92 Å². The Kier molecular flexibility index (Phi) is 5.70. The summed E-state index contributed by atoms with van der Waals surface area (Å²) in [4.78, 5) is 3.78. The van der Waals surface area contributed by atoms with Gasteiger partial charge in [-0.15, -0.1) is 0 Å². The summed E-state index contributed by atoms with van der Waals surface area (Å²) in [5.74, 6) is 0. The van der Waals surface area contributed by atoms with Gasteiger partial charge in [-0.25, -0.2) is 9.50 Å². The molecule has 0 spiro atoms. The molecule has 0 fully saturated rings. The Labute approximate surface area is 196 Å². The van der Waals surface area contributed by atoms with Gasteiger partial charge in [-0.05, 0) is 55.5 Å². The van der Waals surface area contributed by atoms with Crippen LogP contribution >= 0.6 is 7.26 Å². The molecule has 0 saturated heterocycles. The van der Waals surface area contributed by atoms with Crippen molar-refractivity contribution in [1.82, 2.24) is 14.6 Å². The van der Waals surface area contributed by atoms with E-state index < -0.39 is 19.1 Å². The highest BCUT2D eigenvalue weighted by molar-refractivity contribution is 7.95. The molecule has 0 bridgehead atoms. The second-order valence-corrected chi connectivity index (χ2v) is 11.6. The number of rotatable bonds is 5. The zero-order valence-electron chi connectivity index (χ0n) is 18.4. The molecule has 2 heterocycles. The first-order valence-corrected chi connectivity index (χ1v) is 12.8. The van der Waals surface area contributed by atoms with Crippen LogP contribution in [0.25, 0.3) is 5.65 Å². The van der Waals surface area contributed by atoms with Crippen molar-refractivity contribution in [3.63, 3.8) is 0 Å². The summed E-state index contributed by atoms with van der Waals surface area (Å²) in [5, 5.41) is 8.22. The molecule has 0 atom stereocenters.